The van der Waals surface area contributed by atoms with Gasteiger partial charge in [-0.05, 0) is 81.0 Å². The van der Waals surface area contributed by atoms with E-state index in [2.05, 4.69) is 31.6 Å². The zero-order chi connectivity index (χ0) is 52.5. The predicted octanol–water partition coefficient (Wildman–Crippen LogP) is -1.18. The third kappa shape index (κ3) is 22.3. The van der Waals surface area contributed by atoms with Gasteiger partial charge in [-0.2, -0.15) is 0 Å². The summed E-state index contributed by atoms with van der Waals surface area (Å²) >= 11 is 0. The van der Waals surface area contributed by atoms with Crippen molar-refractivity contribution in [1.82, 2.24) is 41.3 Å². The van der Waals surface area contributed by atoms with Gasteiger partial charge in [0, 0.05) is 82.9 Å². The highest BCUT2D eigenvalue weighted by Gasteiger charge is 2.29. The fourth-order valence-electron chi connectivity index (χ4n) is 7.58. The molecule has 0 radical (unpaired) electrons. The van der Waals surface area contributed by atoms with E-state index in [0.29, 0.717) is 74.4 Å². The lowest BCUT2D eigenvalue weighted by Gasteiger charge is -2.30. The quantitative estimate of drug-likeness (QED) is 0.0260. The van der Waals surface area contributed by atoms with Crippen LogP contribution in [0.4, 0.5) is 5.69 Å². The third-order valence-corrected chi connectivity index (χ3v) is 11.2. The molecule has 1 aliphatic rings. The molecule has 2 atom stereocenters. The van der Waals surface area contributed by atoms with Gasteiger partial charge in [-0.1, -0.05) is 12.5 Å². The number of nitrogens with one attached hydrogen (secondary N) is 5. The number of aliphatic imine (C=N–C) groups is 1. The van der Waals surface area contributed by atoms with Crippen molar-refractivity contribution in [3.8, 4) is 5.75 Å². The number of nitrogens with zero attached hydrogens (tertiary/aromatic N) is 4. The Morgan fingerprint density at radius 3 is 1.85 bits per heavy atom. The number of carbonyl (C=O) groups is 9. The van der Waals surface area contributed by atoms with E-state index in [0.717, 1.165) is 0 Å². The van der Waals surface area contributed by atoms with Crippen molar-refractivity contribution in [1.29, 1.82) is 0 Å². The first-order valence-corrected chi connectivity index (χ1v) is 23.1. The van der Waals surface area contributed by atoms with Crippen LogP contribution in [0, 0.1) is 13.8 Å². The minimum atomic E-state index is -1.49. The Balaban J connectivity index is 1.32. The highest BCUT2D eigenvalue weighted by Crippen LogP contribution is 2.22. The van der Waals surface area contributed by atoms with Crippen molar-refractivity contribution in [2.24, 2.45) is 16.5 Å². The fraction of sp³-hybridized carbons (Fsp3) is 0.522. The summed E-state index contributed by atoms with van der Waals surface area (Å²) in [7, 11) is 0. The highest BCUT2D eigenvalue weighted by atomic mass is 16.5. The summed E-state index contributed by atoms with van der Waals surface area (Å²) in [6.45, 7) is 4.40. The Hall–Kier alpha value is -7.38. The summed E-state index contributed by atoms with van der Waals surface area (Å²) in [6.07, 6.45) is 2.53. The maximum absolute atomic E-state index is 13.2. The van der Waals surface area contributed by atoms with Crippen LogP contribution in [0.5, 0.6) is 5.75 Å². The molecular formula is C46H67N11O14. The number of aryl methyl sites for hydroxylation is 2. The van der Waals surface area contributed by atoms with Crippen molar-refractivity contribution in [3.63, 3.8) is 0 Å². The SMILES string of the molecule is Cc1cc(OCCCNC(=O)CCCCCNC(=O)CCC(C(=O)O)N2CCN(CC(=O)O)CCN(CC(=O)O)CC2)cc(C)c1C(=O)N[C@@H](CNC(=O)CNC(=O)c1cccc(N=C(N)N)c1)C(=O)O. The molecule has 1 unspecified atom stereocenters. The average molecular weight is 998 g/mol. The van der Waals surface area contributed by atoms with E-state index in [1.807, 2.05) is 0 Å². The molecule has 2 aromatic carbocycles. The lowest BCUT2D eigenvalue weighted by molar-refractivity contribution is -0.145. The van der Waals surface area contributed by atoms with Crippen LogP contribution in [0.3, 0.4) is 0 Å². The number of amides is 5. The molecule has 0 aliphatic carbocycles. The second-order valence-corrected chi connectivity index (χ2v) is 16.9. The van der Waals surface area contributed by atoms with Crippen LogP contribution in [-0.4, -0.2) is 192 Å². The molecule has 1 saturated heterocycles. The van der Waals surface area contributed by atoms with Gasteiger partial charge < -0.3 is 63.2 Å². The van der Waals surface area contributed by atoms with Gasteiger partial charge in [0.1, 0.15) is 17.8 Å². The van der Waals surface area contributed by atoms with Crippen LogP contribution in [-0.2, 0) is 33.6 Å². The number of ether oxygens (including phenoxy) is 1. The summed E-state index contributed by atoms with van der Waals surface area (Å²) in [5.41, 5.74) is 12.5. The number of benzene rings is 2. The van der Waals surface area contributed by atoms with E-state index >= 15 is 0 Å². The minimum absolute atomic E-state index is 0.00609. The second kappa shape index (κ2) is 30.3. The van der Waals surface area contributed by atoms with Crippen LogP contribution in [0.15, 0.2) is 41.4 Å². The van der Waals surface area contributed by atoms with Crippen molar-refractivity contribution in [2.75, 3.05) is 85.1 Å². The molecule has 0 aromatic heterocycles. The van der Waals surface area contributed by atoms with E-state index in [9.17, 15) is 63.6 Å². The van der Waals surface area contributed by atoms with E-state index < -0.39 is 66.8 Å². The number of nitrogens with two attached hydrogens (primary N) is 2. The van der Waals surface area contributed by atoms with Gasteiger partial charge in [-0.15, -0.1) is 0 Å². The topological polar surface area (TPSA) is 378 Å². The minimum Gasteiger partial charge on any atom is -0.494 e. The molecule has 2 aromatic rings. The number of carbonyl (C=O) groups excluding carboxylic acids is 5. The third-order valence-electron chi connectivity index (χ3n) is 11.2. The monoisotopic (exact) mass is 997 g/mol. The predicted molar refractivity (Wildman–Crippen MR) is 257 cm³/mol. The Bertz CT molecular complexity index is 2170. The largest absolute Gasteiger partial charge is 0.494 e. The first kappa shape index (κ1) is 57.9. The molecule has 0 spiro atoms. The molecule has 1 heterocycles. The molecule has 1 aliphatic heterocycles. The van der Waals surface area contributed by atoms with Gasteiger partial charge in [0.15, 0.2) is 5.96 Å². The van der Waals surface area contributed by atoms with Gasteiger partial charge in [0.2, 0.25) is 17.7 Å². The Morgan fingerprint density at radius 2 is 1.27 bits per heavy atom. The van der Waals surface area contributed by atoms with Crippen LogP contribution < -0.4 is 42.8 Å². The molecule has 0 saturated carbocycles. The van der Waals surface area contributed by atoms with Crippen molar-refractivity contribution in [3.05, 3.63) is 58.7 Å². The number of aliphatic carboxylic acids is 4. The Kier molecular flexibility index (Phi) is 24.7. The zero-order valence-electron chi connectivity index (χ0n) is 40.1. The van der Waals surface area contributed by atoms with E-state index in [1.54, 1.807) is 52.8 Å². The van der Waals surface area contributed by atoms with Crippen LogP contribution in [0.25, 0.3) is 0 Å². The molecule has 390 valence electrons. The molecule has 13 N–H and O–H groups in total. The lowest BCUT2D eigenvalue weighted by atomic mass is 10.0. The van der Waals surface area contributed by atoms with Crippen molar-refractivity contribution < 1.29 is 68.3 Å². The summed E-state index contributed by atoms with van der Waals surface area (Å²) in [4.78, 5) is 119. The van der Waals surface area contributed by atoms with Crippen LogP contribution >= 0.6 is 0 Å². The van der Waals surface area contributed by atoms with E-state index in [-0.39, 0.29) is 94.0 Å². The summed E-state index contributed by atoms with van der Waals surface area (Å²) < 4.78 is 5.84. The van der Waals surface area contributed by atoms with E-state index in [4.69, 9.17) is 16.2 Å². The number of carboxylic acid groups (broad SMARTS) is 4. The molecule has 5 amide bonds. The number of hydrogen-bond acceptors (Lipinski definition) is 14. The molecule has 1 fully saturated rings. The standard InChI is InChI=1S/C46H67N11O14/c1-29-22-33(23-30(2)41(29)43(66)54-34(44(67)68)25-51-38(60)26-52-42(65)31-8-6-9-32(24-31)53-46(47)48)71-21-7-14-50-36(58)10-4-3-5-13-49-37(59)12-11-35(45(69)70)57-19-17-55(27-39(61)62)15-16-56(18-20-57)28-40(63)64/h6,8-9,22-24,34-35H,3-5,7,10-21,25-28H2,1-2H3,(H,49,59)(H,50,58)(H,51,60)(H,52,65)(H,54,66)(H,61,62)(H,63,64)(H,67,68)(H,69,70)(H4,47,48,53)/t34-,35?/m0/s1. The number of rotatable bonds is 29. The van der Waals surface area contributed by atoms with Crippen molar-refractivity contribution in [2.45, 2.75) is 70.9 Å². The smallest absolute Gasteiger partial charge is 0.328 e. The molecule has 0 bridgehead atoms. The van der Waals surface area contributed by atoms with Crippen LogP contribution in [0.1, 0.15) is 76.8 Å². The van der Waals surface area contributed by atoms with Gasteiger partial charge in [-0.3, -0.25) is 53.1 Å². The number of hydrogen-bond donors (Lipinski definition) is 11. The normalized spacial score (nSPS) is 14.2. The first-order chi connectivity index (χ1) is 33.7. The van der Waals surface area contributed by atoms with Gasteiger partial charge in [0.25, 0.3) is 11.8 Å². The highest BCUT2D eigenvalue weighted by molar-refractivity contribution is 6.00. The number of unbranched alkanes of at least 4 members (excludes halogenated alkanes) is 2. The summed E-state index contributed by atoms with van der Waals surface area (Å²) in [5, 5.41) is 51.2. The van der Waals surface area contributed by atoms with E-state index in [1.165, 1.54) is 12.1 Å². The molecule has 25 heteroatoms. The first-order valence-electron chi connectivity index (χ1n) is 23.1. The van der Waals surface area contributed by atoms with Gasteiger partial charge in [-0.25, -0.2) is 9.79 Å². The number of guanidine groups is 1. The summed E-state index contributed by atoms with van der Waals surface area (Å²) in [6, 6.07) is 6.76. The fourth-order valence-corrected chi connectivity index (χ4v) is 7.58. The van der Waals surface area contributed by atoms with Gasteiger partial charge >= 0.3 is 23.9 Å². The maximum Gasteiger partial charge on any atom is 0.328 e. The average Bonchev–Trinajstić information content (AvgIpc) is 3.37. The molecule has 71 heavy (non-hydrogen) atoms. The van der Waals surface area contributed by atoms with Gasteiger partial charge in [0.05, 0.1) is 31.9 Å². The molecular weight excluding hydrogens is 931 g/mol. The molecule has 25 nitrogen and oxygen atoms in total. The maximum atomic E-state index is 13.2. The Labute approximate surface area is 410 Å². The lowest BCUT2D eigenvalue weighted by Crippen LogP contribution is -2.50. The second-order valence-electron chi connectivity index (χ2n) is 16.9. The number of carboxylic acids is 4. The summed E-state index contributed by atoms with van der Waals surface area (Å²) in [5.74, 6) is -6.82. The Morgan fingerprint density at radius 1 is 0.676 bits per heavy atom. The van der Waals surface area contributed by atoms with Crippen LogP contribution in [0.2, 0.25) is 0 Å². The van der Waals surface area contributed by atoms with Crippen molar-refractivity contribution >= 4 is 65.1 Å². The zero-order valence-corrected chi connectivity index (χ0v) is 40.1. The molecule has 3 rings (SSSR count).